The van der Waals surface area contributed by atoms with E-state index in [0.717, 1.165) is 16.7 Å². The summed E-state index contributed by atoms with van der Waals surface area (Å²) in [5, 5.41) is 5.55. The SMILES string of the molecule is Cc1ccc(-c2noc(CN3C(=O)N(c4cccc(C)c4)C(=O)C4SC=CC43)n2)cc1. The molecule has 1 aromatic heterocycles. The predicted octanol–water partition coefficient (Wildman–Crippen LogP) is 4.32. The van der Waals surface area contributed by atoms with Gasteiger partial charge >= 0.3 is 6.03 Å². The van der Waals surface area contributed by atoms with Crippen molar-refractivity contribution >= 4 is 29.4 Å². The Morgan fingerprint density at radius 2 is 1.87 bits per heavy atom. The van der Waals surface area contributed by atoms with E-state index in [2.05, 4.69) is 10.1 Å². The van der Waals surface area contributed by atoms with Crippen LogP contribution in [0.4, 0.5) is 10.5 Å². The minimum absolute atomic E-state index is 0.124. The number of thioether (sulfide) groups is 1. The van der Waals surface area contributed by atoms with Gasteiger partial charge in [0.25, 0.3) is 5.91 Å². The van der Waals surface area contributed by atoms with Crippen molar-refractivity contribution in [3.05, 3.63) is 77.0 Å². The van der Waals surface area contributed by atoms with Gasteiger partial charge < -0.3 is 9.42 Å². The summed E-state index contributed by atoms with van der Waals surface area (Å²) >= 11 is 1.42. The highest BCUT2D eigenvalue weighted by Gasteiger charge is 2.48. The van der Waals surface area contributed by atoms with E-state index >= 15 is 0 Å². The molecule has 0 bridgehead atoms. The number of hydrogen-bond donors (Lipinski definition) is 0. The van der Waals surface area contributed by atoms with Crippen molar-refractivity contribution in [3.8, 4) is 11.4 Å². The summed E-state index contributed by atoms with van der Waals surface area (Å²) in [5.41, 5.74) is 3.53. The second-order valence-electron chi connectivity index (χ2n) is 7.68. The number of aromatic nitrogens is 2. The number of nitrogens with zero attached hydrogens (tertiary/aromatic N) is 4. The molecular formula is C23H20N4O3S. The number of amides is 3. The van der Waals surface area contributed by atoms with Crippen molar-refractivity contribution in [2.24, 2.45) is 0 Å². The molecule has 1 fully saturated rings. The molecule has 2 unspecified atom stereocenters. The van der Waals surface area contributed by atoms with Gasteiger partial charge in [0.1, 0.15) is 11.8 Å². The monoisotopic (exact) mass is 432 g/mol. The first kappa shape index (κ1) is 19.6. The normalized spacial score (nSPS) is 20.5. The number of aryl methyl sites for hydroxylation is 2. The van der Waals surface area contributed by atoms with E-state index in [0.29, 0.717) is 17.4 Å². The number of benzene rings is 2. The first-order chi connectivity index (χ1) is 15.0. The number of rotatable bonds is 4. The van der Waals surface area contributed by atoms with Crippen LogP contribution in [-0.2, 0) is 11.3 Å². The number of urea groups is 1. The average molecular weight is 433 g/mol. The van der Waals surface area contributed by atoms with Crippen molar-refractivity contribution in [2.45, 2.75) is 31.7 Å². The summed E-state index contributed by atoms with van der Waals surface area (Å²) in [7, 11) is 0. The molecule has 2 aliphatic rings. The second kappa shape index (κ2) is 7.70. The molecule has 5 rings (SSSR count). The third-order valence-electron chi connectivity index (χ3n) is 5.42. The maximum atomic E-state index is 13.4. The zero-order valence-electron chi connectivity index (χ0n) is 17.1. The van der Waals surface area contributed by atoms with Gasteiger partial charge in [-0.2, -0.15) is 4.98 Å². The molecule has 31 heavy (non-hydrogen) atoms. The largest absolute Gasteiger partial charge is 0.337 e. The van der Waals surface area contributed by atoms with E-state index in [1.165, 1.54) is 16.7 Å². The Labute approximate surface area is 183 Å². The molecule has 3 amide bonds. The van der Waals surface area contributed by atoms with Crippen LogP contribution in [0, 0.1) is 13.8 Å². The van der Waals surface area contributed by atoms with E-state index in [9.17, 15) is 9.59 Å². The van der Waals surface area contributed by atoms with Crippen LogP contribution in [0.5, 0.6) is 0 Å². The molecule has 3 heterocycles. The fourth-order valence-electron chi connectivity index (χ4n) is 3.80. The van der Waals surface area contributed by atoms with Gasteiger partial charge in [-0.15, -0.1) is 11.8 Å². The van der Waals surface area contributed by atoms with Gasteiger partial charge in [-0.1, -0.05) is 53.2 Å². The van der Waals surface area contributed by atoms with Gasteiger partial charge in [0.05, 0.1) is 11.7 Å². The van der Waals surface area contributed by atoms with Gasteiger partial charge in [-0.25, -0.2) is 9.69 Å². The lowest BCUT2D eigenvalue weighted by Crippen LogP contribution is -2.61. The average Bonchev–Trinajstić information content (AvgIpc) is 3.42. The molecule has 3 aromatic rings. The van der Waals surface area contributed by atoms with Crippen LogP contribution >= 0.6 is 11.8 Å². The Hall–Kier alpha value is -3.39. The fourth-order valence-corrected chi connectivity index (χ4v) is 4.84. The van der Waals surface area contributed by atoms with Gasteiger partial charge in [0, 0.05) is 5.56 Å². The molecule has 0 saturated carbocycles. The molecule has 2 atom stereocenters. The summed E-state index contributed by atoms with van der Waals surface area (Å²) in [4.78, 5) is 33.9. The minimum atomic E-state index is -0.391. The van der Waals surface area contributed by atoms with E-state index in [4.69, 9.17) is 4.52 Å². The maximum absolute atomic E-state index is 13.4. The smallest absolute Gasteiger partial charge is 0.332 e. The summed E-state index contributed by atoms with van der Waals surface area (Å²) in [5.74, 6) is 0.586. The lowest BCUT2D eigenvalue weighted by atomic mass is 10.1. The first-order valence-corrected chi connectivity index (χ1v) is 10.9. The Balaban J connectivity index is 1.45. The Kier molecular flexibility index (Phi) is 4.86. The Bertz CT molecular complexity index is 1190. The molecule has 2 aliphatic heterocycles. The highest BCUT2D eigenvalue weighted by atomic mass is 32.2. The van der Waals surface area contributed by atoms with Gasteiger partial charge in [0.15, 0.2) is 0 Å². The number of hydrogen-bond acceptors (Lipinski definition) is 6. The van der Waals surface area contributed by atoms with Crippen LogP contribution in [0.15, 0.2) is 64.5 Å². The molecule has 0 N–H and O–H groups in total. The van der Waals surface area contributed by atoms with E-state index < -0.39 is 5.25 Å². The van der Waals surface area contributed by atoms with E-state index in [-0.39, 0.29) is 24.5 Å². The van der Waals surface area contributed by atoms with E-state index in [1.54, 1.807) is 11.0 Å². The standard InChI is InChI=1S/C23H20N4O3S/c1-14-6-8-16(9-7-14)21-24-19(30-25-21)13-26-18-10-11-31-20(18)22(28)27(23(26)29)17-5-3-4-15(2)12-17/h3-12,18,20H,13H2,1-2H3. The van der Waals surface area contributed by atoms with Crippen LogP contribution in [-0.4, -0.2) is 38.3 Å². The fraction of sp³-hybridized carbons (Fsp3) is 0.217. The van der Waals surface area contributed by atoms with Crippen LogP contribution in [0.1, 0.15) is 17.0 Å². The third kappa shape index (κ3) is 3.53. The number of carbonyl (C=O) groups excluding carboxylic acids is 2. The molecule has 2 aromatic carbocycles. The third-order valence-corrected chi connectivity index (χ3v) is 6.50. The molecule has 0 radical (unpaired) electrons. The van der Waals surface area contributed by atoms with Crippen molar-refractivity contribution in [1.82, 2.24) is 15.0 Å². The minimum Gasteiger partial charge on any atom is -0.337 e. The number of carbonyl (C=O) groups is 2. The lowest BCUT2D eigenvalue weighted by molar-refractivity contribution is -0.119. The molecule has 0 aliphatic carbocycles. The molecule has 7 nitrogen and oxygen atoms in total. The lowest BCUT2D eigenvalue weighted by Gasteiger charge is -2.40. The van der Waals surface area contributed by atoms with Crippen LogP contribution in [0.3, 0.4) is 0 Å². The topological polar surface area (TPSA) is 79.5 Å². The number of anilines is 1. The molecule has 8 heteroatoms. The number of imide groups is 1. The quantitative estimate of drug-likeness (QED) is 0.611. The highest BCUT2D eigenvalue weighted by Crippen LogP contribution is 2.37. The molecular weight excluding hydrogens is 412 g/mol. The highest BCUT2D eigenvalue weighted by molar-refractivity contribution is 8.03. The van der Waals surface area contributed by atoms with Gasteiger partial charge in [-0.05, 0) is 37.0 Å². The molecule has 156 valence electrons. The summed E-state index contributed by atoms with van der Waals surface area (Å²) in [6.45, 7) is 4.07. The van der Waals surface area contributed by atoms with Crippen molar-refractivity contribution in [3.63, 3.8) is 0 Å². The number of fused-ring (bicyclic) bond motifs is 1. The van der Waals surface area contributed by atoms with Gasteiger partial charge in [-0.3, -0.25) is 4.79 Å². The zero-order chi connectivity index (χ0) is 21.5. The Morgan fingerprint density at radius 3 is 2.65 bits per heavy atom. The zero-order valence-corrected chi connectivity index (χ0v) is 17.9. The Morgan fingerprint density at radius 1 is 1.06 bits per heavy atom. The summed E-state index contributed by atoms with van der Waals surface area (Å²) in [6, 6.07) is 14.5. The van der Waals surface area contributed by atoms with Crippen LogP contribution in [0.25, 0.3) is 11.4 Å². The van der Waals surface area contributed by atoms with Crippen LogP contribution in [0.2, 0.25) is 0 Å². The van der Waals surface area contributed by atoms with Crippen molar-refractivity contribution in [1.29, 1.82) is 0 Å². The van der Waals surface area contributed by atoms with Gasteiger partial charge in [0.2, 0.25) is 11.7 Å². The second-order valence-corrected chi connectivity index (χ2v) is 8.73. The summed E-state index contributed by atoms with van der Waals surface area (Å²) < 4.78 is 5.45. The van der Waals surface area contributed by atoms with E-state index in [1.807, 2.05) is 67.8 Å². The maximum Gasteiger partial charge on any atom is 0.332 e. The van der Waals surface area contributed by atoms with Crippen molar-refractivity contribution in [2.75, 3.05) is 4.90 Å². The first-order valence-electron chi connectivity index (χ1n) is 9.94. The van der Waals surface area contributed by atoms with Crippen LogP contribution < -0.4 is 4.90 Å². The molecule has 0 spiro atoms. The predicted molar refractivity (Wildman–Crippen MR) is 118 cm³/mol. The van der Waals surface area contributed by atoms with Crippen molar-refractivity contribution < 1.29 is 14.1 Å². The molecule has 1 saturated heterocycles. The summed E-state index contributed by atoms with van der Waals surface area (Å²) in [6.07, 6.45) is 1.88.